The molecule has 2 heterocycles. The second-order valence-electron chi connectivity index (χ2n) is 11.1. The molecule has 2 aliphatic rings. The maximum atomic E-state index is 12.4. The van der Waals surface area contributed by atoms with Crippen molar-refractivity contribution in [2.75, 3.05) is 26.3 Å². The summed E-state index contributed by atoms with van der Waals surface area (Å²) < 4.78 is 45.6. The van der Waals surface area contributed by atoms with E-state index in [1.54, 1.807) is 11.0 Å². The summed E-state index contributed by atoms with van der Waals surface area (Å²) in [4.78, 5) is 14.2. The van der Waals surface area contributed by atoms with Gasteiger partial charge in [-0.15, -0.1) is 0 Å². The summed E-state index contributed by atoms with van der Waals surface area (Å²) in [6, 6.07) is 13.5. The number of ether oxygens (including phenoxy) is 4. The average Bonchev–Trinajstić information content (AvgIpc) is 3.26. The van der Waals surface area contributed by atoms with Crippen LogP contribution in [-0.2, 0) is 43.0 Å². The zero-order chi connectivity index (χ0) is 28.6. The molecule has 0 bridgehead atoms. The summed E-state index contributed by atoms with van der Waals surface area (Å²) in [6.07, 6.45) is 6.33. The number of nitrogens with zero attached hydrogens (tertiary/aromatic N) is 1. The smallest absolute Gasteiger partial charge is 0.410 e. The topological polar surface area (TPSA) is 117 Å². The molecule has 0 unspecified atom stereocenters. The second kappa shape index (κ2) is 13.8. The molecular weight excluding hydrogens is 532 g/mol. The SMILES string of the molecule is CC1(C)OCc2cc([C@@H]3CN(CCCCCCOCCCCc4cccc(CS(N)(=O)=O)c4)C(=O)O3)ccc2O1. The lowest BCUT2D eigenvalue weighted by atomic mass is 10.0. The van der Waals surface area contributed by atoms with Gasteiger partial charge >= 0.3 is 6.09 Å². The van der Waals surface area contributed by atoms with Crippen LogP contribution in [0.4, 0.5) is 4.79 Å². The molecule has 0 spiro atoms. The molecule has 9 nitrogen and oxygen atoms in total. The number of amides is 1. The highest BCUT2D eigenvalue weighted by molar-refractivity contribution is 7.88. The largest absolute Gasteiger partial charge is 0.463 e. The molecule has 0 saturated carbocycles. The van der Waals surface area contributed by atoms with Crippen molar-refractivity contribution in [1.82, 2.24) is 4.90 Å². The second-order valence-corrected chi connectivity index (χ2v) is 12.7. The van der Waals surface area contributed by atoms with Crippen molar-refractivity contribution in [3.05, 3.63) is 64.7 Å². The van der Waals surface area contributed by atoms with Crippen LogP contribution in [0.25, 0.3) is 0 Å². The van der Waals surface area contributed by atoms with Crippen molar-refractivity contribution >= 4 is 16.1 Å². The van der Waals surface area contributed by atoms with Gasteiger partial charge in [0.15, 0.2) is 0 Å². The average molecular weight is 575 g/mol. The van der Waals surface area contributed by atoms with Gasteiger partial charge in [0, 0.05) is 39.2 Å². The van der Waals surface area contributed by atoms with E-state index in [2.05, 4.69) is 0 Å². The molecule has 2 aliphatic heterocycles. The van der Waals surface area contributed by atoms with Gasteiger partial charge in [-0.05, 0) is 60.9 Å². The molecule has 0 radical (unpaired) electrons. The monoisotopic (exact) mass is 574 g/mol. The van der Waals surface area contributed by atoms with E-state index in [9.17, 15) is 13.2 Å². The molecule has 2 aromatic rings. The Bertz CT molecular complexity index is 1250. The van der Waals surface area contributed by atoms with Gasteiger partial charge in [0.1, 0.15) is 11.9 Å². The molecule has 0 aromatic heterocycles. The van der Waals surface area contributed by atoms with Crippen LogP contribution in [-0.4, -0.2) is 51.5 Å². The van der Waals surface area contributed by atoms with Gasteiger partial charge in [-0.1, -0.05) is 43.2 Å². The highest BCUT2D eigenvalue weighted by atomic mass is 32.2. The van der Waals surface area contributed by atoms with Gasteiger partial charge in [0.25, 0.3) is 0 Å². The van der Waals surface area contributed by atoms with Crippen LogP contribution in [0.3, 0.4) is 0 Å². The van der Waals surface area contributed by atoms with E-state index in [0.29, 0.717) is 19.7 Å². The number of carbonyl (C=O) groups excluding carboxylic acids is 1. The van der Waals surface area contributed by atoms with Crippen molar-refractivity contribution in [3.8, 4) is 5.75 Å². The Morgan fingerprint density at radius 2 is 1.75 bits per heavy atom. The number of primary sulfonamides is 1. The first-order chi connectivity index (χ1) is 19.1. The summed E-state index contributed by atoms with van der Waals surface area (Å²) in [6.45, 7) is 6.97. The first-order valence-corrected chi connectivity index (χ1v) is 15.9. The van der Waals surface area contributed by atoms with Gasteiger partial charge in [0.05, 0.1) is 18.9 Å². The van der Waals surface area contributed by atoms with E-state index in [1.807, 2.05) is 50.2 Å². The molecule has 4 rings (SSSR count). The maximum absolute atomic E-state index is 12.4. The van der Waals surface area contributed by atoms with Crippen LogP contribution in [0, 0.1) is 0 Å². The molecule has 220 valence electrons. The molecule has 1 fully saturated rings. The number of unbranched alkanes of at least 4 members (excludes halogenated alkanes) is 4. The minimum Gasteiger partial charge on any atom is -0.463 e. The summed E-state index contributed by atoms with van der Waals surface area (Å²) in [5, 5.41) is 5.13. The quantitative estimate of drug-likeness (QED) is 0.290. The Morgan fingerprint density at radius 3 is 2.55 bits per heavy atom. The predicted molar refractivity (Wildman–Crippen MR) is 152 cm³/mol. The molecular formula is C30H42N2O7S. The normalized spacial score (nSPS) is 18.3. The summed E-state index contributed by atoms with van der Waals surface area (Å²) in [5.41, 5.74) is 3.78. The minimum absolute atomic E-state index is 0.132. The Labute approximate surface area is 238 Å². The van der Waals surface area contributed by atoms with Crippen molar-refractivity contribution in [1.29, 1.82) is 0 Å². The van der Waals surface area contributed by atoms with E-state index >= 15 is 0 Å². The zero-order valence-corrected chi connectivity index (χ0v) is 24.4. The molecule has 1 atom stereocenters. The Balaban J connectivity index is 1.03. The van der Waals surface area contributed by atoms with Gasteiger partial charge in [-0.2, -0.15) is 0 Å². The predicted octanol–water partition coefficient (Wildman–Crippen LogP) is 5.21. The fourth-order valence-electron chi connectivity index (χ4n) is 5.02. The molecule has 2 aromatic carbocycles. The molecule has 0 aliphatic carbocycles. The van der Waals surface area contributed by atoms with Crippen molar-refractivity contribution in [2.24, 2.45) is 5.14 Å². The van der Waals surface area contributed by atoms with Crippen LogP contribution in [0.5, 0.6) is 5.75 Å². The lowest BCUT2D eigenvalue weighted by molar-refractivity contribution is -0.180. The van der Waals surface area contributed by atoms with Gasteiger partial charge in [-0.25, -0.2) is 18.4 Å². The standard InChI is InChI=1S/C30H42N2O7S/c1-30(2)37-21-26-19-25(13-14-27(26)39-30)28-20-32(29(33)38-28)15-6-3-4-7-16-36-17-8-5-10-23-11-9-12-24(18-23)22-40(31,34)35/h9,11-14,18-19,28H,3-8,10,15-17,20-22H2,1-2H3,(H2,31,34,35)/t28-/m0/s1. The Morgan fingerprint density at radius 1 is 1.00 bits per heavy atom. The van der Waals surface area contributed by atoms with Crippen molar-refractivity contribution < 1.29 is 32.2 Å². The first-order valence-electron chi connectivity index (χ1n) is 14.2. The molecule has 10 heteroatoms. The number of aryl methyl sites for hydroxylation is 1. The van der Waals surface area contributed by atoms with E-state index in [0.717, 1.165) is 86.2 Å². The van der Waals surface area contributed by atoms with Crippen LogP contribution >= 0.6 is 0 Å². The van der Waals surface area contributed by atoms with Gasteiger partial charge in [0.2, 0.25) is 15.8 Å². The fourth-order valence-corrected chi connectivity index (χ4v) is 5.67. The lowest BCUT2D eigenvalue weighted by Gasteiger charge is -2.32. The van der Waals surface area contributed by atoms with Gasteiger partial charge < -0.3 is 23.8 Å². The first kappa shape index (κ1) is 30.3. The number of sulfonamides is 1. The highest BCUT2D eigenvalue weighted by Crippen LogP contribution is 2.35. The minimum atomic E-state index is -3.51. The highest BCUT2D eigenvalue weighted by Gasteiger charge is 2.33. The van der Waals surface area contributed by atoms with Crippen molar-refractivity contribution in [3.63, 3.8) is 0 Å². The Kier molecular flexibility index (Phi) is 10.5. The third-order valence-corrected chi connectivity index (χ3v) is 7.84. The molecule has 2 N–H and O–H groups in total. The van der Waals surface area contributed by atoms with E-state index in [4.69, 9.17) is 24.1 Å². The number of hydrogen-bond acceptors (Lipinski definition) is 7. The molecule has 40 heavy (non-hydrogen) atoms. The number of hydrogen-bond donors (Lipinski definition) is 1. The van der Waals surface area contributed by atoms with Crippen molar-refractivity contribution in [2.45, 2.75) is 83.0 Å². The molecule has 1 amide bonds. The lowest BCUT2D eigenvalue weighted by Crippen LogP contribution is -2.35. The Hall–Kier alpha value is -2.66. The third kappa shape index (κ3) is 9.47. The number of carbonyl (C=O) groups is 1. The number of cyclic esters (lactones) is 1. The van der Waals surface area contributed by atoms with Crippen LogP contribution < -0.4 is 9.88 Å². The fraction of sp³-hybridized carbons (Fsp3) is 0.567. The summed E-state index contributed by atoms with van der Waals surface area (Å²) in [7, 11) is -3.51. The number of nitrogens with two attached hydrogens (primary N) is 1. The van der Waals surface area contributed by atoms with Gasteiger partial charge in [-0.3, -0.25) is 0 Å². The third-order valence-electron chi connectivity index (χ3n) is 7.10. The van der Waals surface area contributed by atoms with E-state index < -0.39 is 15.8 Å². The molecule has 1 saturated heterocycles. The number of benzene rings is 2. The summed E-state index contributed by atoms with van der Waals surface area (Å²) >= 11 is 0. The zero-order valence-electron chi connectivity index (χ0n) is 23.6. The van der Waals surface area contributed by atoms with Crippen LogP contribution in [0.15, 0.2) is 42.5 Å². The van der Waals surface area contributed by atoms with Crippen LogP contribution in [0.1, 0.15) is 80.7 Å². The summed E-state index contributed by atoms with van der Waals surface area (Å²) in [5.74, 6) is 0.0518. The van der Waals surface area contributed by atoms with E-state index in [1.165, 1.54) is 0 Å². The van der Waals surface area contributed by atoms with Crippen LogP contribution in [0.2, 0.25) is 0 Å². The van der Waals surface area contributed by atoms with E-state index in [-0.39, 0.29) is 18.0 Å². The maximum Gasteiger partial charge on any atom is 0.410 e. The number of rotatable bonds is 15. The number of fused-ring (bicyclic) bond motifs is 1.